The second kappa shape index (κ2) is 4.50. The van der Waals surface area contributed by atoms with Gasteiger partial charge in [-0.2, -0.15) is 0 Å². The molecule has 0 aromatic carbocycles. The summed E-state index contributed by atoms with van der Waals surface area (Å²) in [5, 5.41) is 0. The Morgan fingerprint density at radius 3 is 2.67 bits per heavy atom. The second-order valence-electron chi connectivity index (χ2n) is 3.14. The van der Waals surface area contributed by atoms with Gasteiger partial charge in [0.25, 0.3) is 0 Å². The summed E-state index contributed by atoms with van der Waals surface area (Å²) in [7, 11) is -3.64. The van der Waals surface area contributed by atoms with Gasteiger partial charge in [-0.3, -0.25) is 9.78 Å². The maximum atomic E-state index is 11.6. The predicted octanol–water partition coefficient (Wildman–Crippen LogP) is 0.337. The van der Waals surface area contributed by atoms with Gasteiger partial charge in [0, 0.05) is 12.4 Å². The summed E-state index contributed by atoms with van der Waals surface area (Å²) < 4.78 is 25.5. The first-order valence-electron chi connectivity index (χ1n) is 4.36. The fourth-order valence-corrected chi connectivity index (χ4v) is 2.11. The van der Waals surface area contributed by atoms with Crippen LogP contribution in [0.15, 0.2) is 29.4 Å². The molecule has 1 aromatic rings. The Hall–Kier alpha value is -1.27. The van der Waals surface area contributed by atoms with Gasteiger partial charge in [-0.25, -0.2) is 13.1 Å². The van der Waals surface area contributed by atoms with Crippen LogP contribution in [0.1, 0.15) is 13.8 Å². The minimum Gasteiger partial charge on any atom is -0.298 e. The van der Waals surface area contributed by atoms with Crippen molar-refractivity contribution in [2.24, 2.45) is 0 Å². The van der Waals surface area contributed by atoms with Crippen LogP contribution in [0.4, 0.5) is 0 Å². The highest BCUT2D eigenvalue weighted by atomic mass is 32.2. The third-order valence-electron chi connectivity index (χ3n) is 1.89. The maximum absolute atomic E-state index is 11.6. The molecule has 0 saturated heterocycles. The molecule has 0 bridgehead atoms. The van der Waals surface area contributed by atoms with Gasteiger partial charge in [0.2, 0.25) is 10.0 Å². The van der Waals surface area contributed by atoms with E-state index in [0.717, 1.165) is 0 Å². The monoisotopic (exact) mass is 228 g/mol. The zero-order chi connectivity index (χ0) is 11.5. The number of carbonyl (C=O) groups is 1. The molecule has 1 rings (SSSR count). The van der Waals surface area contributed by atoms with Crippen molar-refractivity contribution >= 4 is 15.8 Å². The van der Waals surface area contributed by atoms with Crippen LogP contribution in [0, 0.1) is 0 Å². The lowest BCUT2D eigenvalue weighted by molar-refractivity contribution is -0.118. The van der Waals surface area contributed by atoms with Gasteiger partial charge >= 0.3 is 0 Å². The number of pyridine rings is 1. The van der Waals surface area contributed by atoms with Crippen molar-refractivity contribution in [2.75, 3.05) is 0 Å². The van der Waals surface area contributed by atoms with Crippen molar-refractivity contribution in [3.63, 3.8) is 0 Å². The van der Waals surface area contributed by atoms with E-state index in [2.05, 4.69) is 9.71 Å². The minimum atomic E-state index is -3.64. The normalized spacial score (nSPS) is 13.5. The molecule has 0 radical (unpaired) electrons. The highest BCUT2D eigenvalue weighted by Crippen LogP contribution is 2.06. The fraction of sp³-hybridized carbons (Fsp3) is 0.333. The number of sulfonamides is 1. The van der Waals surface area contributed by atoms with Gasteiger partial charge in [0.1, 0.15) is 10.7 Å². The Labute approximate surface area is 88.6 Å². The quantitative estimate of drug-likeness (QED) is 0.806. The molecule has 6 heteroatoms. The second-order valence-corrected chi connectivity index (χ2v) is 4.86. The van der Waals surface area contributed by atoms with Gasteiger partial charge in [-0.1, -0.05) is 0 Å². The van der Waals surface area contributed by atoms with Crippen LogP contribution in [0.5, 0.6) is 0 Å². The van der Waals surface area contributed by atoms with E-state index < -0.39 is 16.1 Å². The lowest BCUT2D eigenvalue weighted by Gasteiger charge is -2.10. The lowest BCUT2D eigenvalue weighted by Crippen LogP contribution is -2.37. The number of rotatable bonds is 4. The Morgan fingerprint density at radius 1 is 1.53 bits per heavy atom. The number of carbonyl (C=O) groups excluding carboxylic acids is 1. The number of ketones is 1. The summed E-state index contributed by atoms with van der Waals surface area (Å²) in [5.41, 5.74) is 0. The van der Waals surface area contributed by atoms with Gasteiger partial charge in [-0.05, 0) is 26.0 Å². The first-order valence-corrected chi connectivity index (χ1v) is 5.84. The molecule has 0 saturated carbocycles. The Kier molecular flexibility index (Phi) is 3.54. The largest absolute Gasteiger partial charge is 0.298 e. The molecule has 1 atom stereocenters. The van der Waals surface area contributed by atoms with Gasteiger partial charge in [-0.15, -0.1) is 0 Å². The Morgan fingerprint density at radius 2 is 2.20 bits per heavy atom. The van der Waals surface area contributed by atoms with E-state index in [9.17, 15) is 13.2 Å². The molecule has 82 valence electrons. The Balaban J connectivity index is 2.91. The molecule has 0 aliphatic rings. The van der Waals surface area contributed by atoms with Gasteiger partial charge in [0.15, 0.2) is 0 Å². The molecular weight excluding hydrogens is 216 g/mol. The molecule has 0 aliphatic heterocycles. The predicted molar refractivity (Wildman–Crippen MR) is 54.7 cm³/mol. The van der Waals surface area contributed by atoms with Crippen LogP contribution < -0.4 is 4.72 Å². The Bertz CT molecular complexity index is 442. The molecule has 1 N–H and O–H groups in total. The molecule has 5 nitrogen and oxygen atoms in total. The smallest absolute Gasteiger partial charge is 0.242 e. The summed E-state index contributed by atoms with van der Waals surface area (Å²) in [4.78, 5) is 14.7. The molecule has 1 unspecified atom stereocenters. The average molecular weight is 228 g/mol. The standard InChI is InChI=1S/C9H12N2O3S/c1-7(8(2)12)11-15(13,14)9-4-3-5-10-6-9/h3-7,11H,1-2H3. The minimum absolute atomic E-state index is 0.0538. The van der Waals surface area contributed by atoms with Crippen LogP contribution in [-0.2, 0) is 14.8 Å². The van der Waals surface area contributed by atoms with Crippen LogP contribution in [0.2, 0.25) is 0 Å². The lowest BCUT2D eigenvalue weighted by atomic mass is 10.3. The first-order chi connectivity index (χ1) is 6.93. The molecule has 0 spiro atoms. The summed E-state index contributed by atoms with van der Waals surface area (Å²) in [6, 6.07) is 2.21. The molecule has 0 aliphatic carbocycles. The van der Waals surface area contributed by atoms with Crippen LogP contribution in [0.25, 0.3) is 0 Å². The first kappa shape index (κ1) is 11.8. The van der Waals surface area contributed by atoms with E-state index in [1.54, 1.807) is 0 Å². The number of hydrogen-bond donors (Lipinski definition) is 1. The number of nitrogens with zero attached hydrogens (tertiary/aromatic N) is 1. The van der Waals surface area contributed by atoms with E-state index in [-0.39, 0.29) is 10.7 Å². The van der Waals surface area contributed by atoms with E-state index in [0.29, 0.717) is 0 Å². The van der Waals surface area contributed by atoms with E-state index in [1.807, 2.05) is 0 Å². The van der Waals surface area contributed by atoms with Crippen molar-refractivity contribution < 1.29 is 13.2 Å². The van der Waals surface area contributed by atoms with E-state index in [4.69, 9.17) is 0 Å². The summed E-state index contributed by atoms with van der Waals surface area (Å²) >= 11 is 0. The van der Waals surface area contributed by atoms with E-state index >= 15 is 0 Å². The highest BCUT2D eigenvalue weighted by Gasteiger charge is 2.19. The number of aromatic nitrogens is 1. The fourth-order valence-electron chi connectivity index (χ4n) is 0.890. The van der Waals surface area contributed by atoms with Crippen molar-refractivity contribution in [2.45, 2.75) is 24.8 Å². The molecule has 0 amide bonds. The van der Waals surface area contributed by atoms with Crippen LogP contribution >= 0.6 is 0 Å². The van der Waals surface area contributed by atoms with Gasteiger partial charge < -0.3 is 0 Å². The number of hydrogen-bond acceptors (Lipinski definition) is 4. The molecule has 1 aromatic heterocycles. The van der Waals surface area contributed by atoms with Crippen LogP contribution in [0.3, 0.4) is 0 Å². The topological polar surface area (TPSA) is 76.1 Å². The maximum Gasteiger partial charge on any atom is 0.242 e. The zero-order valence-electron chi connectivity index (χ0n) is 8.47. The van der Waals surface area contributed by atoms with Crippen molar-refractivity contribution in [1.29, 1.82) is 0 Å². The third kappa shape index (κ3) is 3.10. The zero-order valence-corrected chi connectivity index (χ0v) is 9.28. The summed E-state index contributed by atoms with van der Waals surface area (Å²) in [6.07, 6.45) is 2.71. The SMILES string of the molecule is CC(=O)C(C)NS(=O)(=O)c1cccnc1. The van der Waals surface area contributed by atoms with Crippen LogP contribution in [-0.4, -0.2) is 25.2 Å². The molecular formula is C9H12N2O3S. The summed E-state index contributed by atoms with van der Waals surface area (Å²) in [5.74, 6) is -0.234. The van der Waals surface area contributed by atoms with Crippen molar-refractivity contribution in [3.05, 3.63) is 24.5 Å². The van der Waals surface area contributed by atoms with E-state index in [1.165, 1.54) is 38.4 Å². The van der Waals surface area contributed by atoms with Crippen molar-refractivity contribution in [3.8, 4) is 0 Å². The highest BCUT2D eigenvalue weighted by molar-refractivity contribution is 7.89. The van der Waals surface area contributed by atoms with Crippen molar-refractivity contribution in [1.82, 2.24) is 9.71 Å². The third-order valence-corrected chi connectivity index (χ3v) is 3.41. The number of nitrogens with one attached hydrogen (secondary N) is 1. The molecule has 1 heterocycles. The molecule has 0 fully saturated rings. The van der Waals surface area contributed by atoms with Gasteiger partial charge in [0.05, 0.1) is 6.04 Å². The number of Topliss-reactive ketones (excluding diaryl/α,β-unsaturated/α-hetero) is 1. The average Bonchev–Trinajstić information content (AvgIpc) is 2.18. The summed E-state index contributed by atoms with van der Waals surface area (Å²) in [6.45, 7) is 2.83. The molecule has 15 heavy (non-hydrogen) atoms.